The molecule has 4 rings (SSSR count). The van der Waals surface area contributed by atoms with Crippen molar-refractivity contribution in [2.24, 2.45) is 0 Å². The van der Waals surface area contributed by atoms with Crippen LogP contribution in [0.25, 0.3) is 27.7 Å². The van der Waals surface area contributed by atoms with E-state index in [0.29, 0.717) is 34.0 Å². The number of hydrogen-bond acceptors (Lipinski definition) is 6. The number of ether oxygens (including phenoxy) is 3. The Kier molecular flexibility index (Phi) is 5.29. The lowest BCUT2D eigenvalue weighted by atomic mass is 10.0. The molecule has 0 unspecified atom stereocenters. The van der Waals surface area contributed by atoms with Gasteiger partial charge in [0, 0.05) is 10.8 Å². The molecule has 7 nitrogen and oxygen atoms in total. The highest BCUT2D eigenvalue weighted by Gasteiger charge is 2.23. The van der Waals surface area contributed by atoms with Crippen molar-refractivity contribution >= 4 is 16.7 Å². The normalized spacial score (nSPS) is 10.5. The minimum absolute atomic E-state index is 0.138. The van der Waals surface area contributed by atoms with Crippen LogP contribution in [0.5, 0.6) is 11.5 Å². The maximum Gasteiger partial charge on any atom is 0.358 e. The second-order valence-electron chi connectivity index (χ2n) is 6.65. The summed E-state index contributed by atoms with van der Waals surface area (Å²) in [4.78, 5) is 12.3. The SMILES string of the molecule is COC(=O)c1cc(-c2c(OC)cccc2OC)n(-c2ccc(C#N)c3ccccc23)n1. The van der Waals surface area contributed by atoms with Gasteiger partial charge in [0.25, 0.3) is 0 Å². The number of carbonyl (C=O) groups is 1. The van der Waals surface area contributed by atoms with E-state index in [0.717, 1.165) is 10.8 Å². The fourth-order valence-corrected chi connectivity index (χ4v) is 3.62. The van der Waals surface area contributed by atoms with Crippen molar-refractivity contribution < 1.29 is 19.0 Å². The number of rotatable bonds is 5. The lowest BCUT2D eigenvalue weighted by Gasteiger charge is -2.16. The van der Waals surface area contributed by atoms with E-state index < -0.39 is 5.97 Å². The van der Waals surface area contributed by atoms with E-state index in [-0.39, 0.29) is 5.69 Å². The molecule has 31 heavy (non-hydrogen) atoms. The summed E-state index contributed by atoms with van der Waals surface area (Å²) in [5.41, 5.74) is 2.62. The van der Waals surface area contributed by atoms with Crippen molar-refractivity contribution in [2.45, 2.75) is 0 Å². The van der Waals surface area contributed by atoms with Crippen molar-refractivity contribution in [3.05, 3.63) is 71.9 Å². The van der Waals surface area contributed by atoms with E-state index in [1.807, 2.05) is 42.5 Å². The quantitative estimate of drug-likeness (QED) is 0.452. The second-order valence-corrected chi connectivity index (χ2v) is 6.65. The first-order chi connectivity index (χ1) is 15.1. The highest BCUT2D eigenvalue weighted by molar-refractivity contribution is 5.96. The number of methoxy groups -OCH3 is 3. The van der Waals surface area contributed by atoms with Gasteiger partial charge in [-0.1, -0.05) is 30.3 Å². The van der Waals surface area contributed by atoms with Crippen LogP contribution in [0.3, 0.4) is 0 Å². The molecule has 4 aromatic rings. The first-order valence-corrected chi connectivity index (χ1v) is 9.45. The Morgan fingerprint density at radius 1 is 0.935 bits per heavy atom. The number of aromatic nitrogens is 2. The van der Waals surface area contributed by atoms with Crippen LogP contribution < -0.4 is 9.47 Å². The smallest absolute Gasteiger partial charge is 0.358 e. The molecular formula is C24H19N3O4. The standard InChI is InChI=1S/C24H19N3O4/c1-29-21-9-6-10-22(30-2)23(21)20-13-18(24(28)31-3)26-27(20)19-12-11-15(14-25)16-7-4-5-8-17(16)19/h4-13H,1-3H3. The van der Waals surface area contributed by atoms with Gasteiger partial charge in [-0.15, -0.1) is 0 Å². The summed E-state index contributed by atoms with van der Waals surface area (Å²) in [7, 11) is 4.44. The summed E-state index contributed by atoms with van der Waals surface area (Å²) in [6, 6.07) is 20.4. The molecule has 0 bridgehead atoms. The highest BCUT2D eigenvalue weighted by atomic mass is 16.5. The van der Waals surface area contributed by atoms with E-state index in [4.69, 9.17) is 14.2 Å². The molecule has 0 atom stereocenters. The van der Waals surface area contributed by atoms with E-state index in [1.54, 1.807) is 37.1 Å². The van der Waals surface area contributed by atoms with Gasteiger partial charge in [-0.3, -0.25) is 0 Å². The number of nitriles is 1. The highest BCUT2D eigenvalue weighted by Crippen LogP contribution is 2.40. The van der Waals surface area contributed by atoms with E-state index in [2.05, 4.69) is 11.2 Å². The van der Waals surface area contributed by atoms with Gasteiger partial charge in [-0.25, -0.2) is 9.48 Å². The van der Waals surface area contributed by atoms with Crippen LogP contribution in [-0.4, -0.2) is 37.1 Å². The maximum atomic E-state index is 12.3. The molecule has 0 saturated carbocycles. The fraction of sp³-hybridized carbons (Fsp3) is 0.125. The molecular weight excluding hydrogens is 394 g/mol. The van der Waals surface area contributed by atoms with Gasteiger partial charge in [0.05, 0.1) is 49.9 Å². The molecule has 3 aromatic carbocycles. The Morgan fingerprint density at radius 3 is 2.23 bits per heavy atom. The van der Waals surface area contributed by atoms with Crippen molar-refractivity contribution in [1.82, 2.24) is 9.78 Å². The molecule has 0 radical (unpaired) electrons. The average molecular weight is 413 g/mol. The molecule has 0 aliphatic carbocycles. The minimum Gasteiger partial charge on any atom is -0.496 e. The summed E-state index contributed by atoms with van der Waals surface area (Å²) in [5.74, 6) is 0.566. The predicted molar refractivity (Wildman–Crippen MR) is 116 cm³/mol. The van der Waals surface area contributed by atoms with Crippen molar-refractivity contribution in [2.75, 3.05) is 21.3 Å². The molecule has 7 heteroatoms. The lowest BCUT2D eigenvalue weighted by molar-refractivity contribution is 0.0593. The zero-order valence-corrected chi connectivity index (χ0v) is 17.2. The fourth-order valence-electron chi connectivity index (χ4n) is 3.62. The minimum atomic E-state index is -0.563. The van der Waals surface area contributed by atoms with Crippen LogP contribution in [-0.2, 0) is 4.74 Å². The number of benzene rings is 3. The van der Waals surface area contributed by atoms with Crippen LogP contribution >= 0.6 is 0 Å². The molecule has 0 fully saturated rings. The molecule has 0 spiro atoms. The summed E-state index contributed by atoms with van der Waals surface area (Å²) in [5, 5.41) is 15.6. The maximum absolute atomic E-state index is 12.3. The summed E-state index contributed by atoms with van der Waals surface area (Å²) in [6.45, 7) is 0. The van der Waals surface area contributed by atoms with Crippen molar-refractivity contribution in [3.8, 4) is 34.5 Å². The third kappa shape index (κ3) is 3.34. The Bertz CT molecular complexity index is 1310. The van der Waals surface area contributed by atoms with Gasteiger partial charge >= 0.3 is 5.97 Å². The van der Waals surface area contributed by atoms with Gasteiger partial charge in [0.15, 0.2) is 5.69 Å². The monoisotopic (exact) mass is 413 g/mol. The first kappa shape index (κ1) is 20.0. The van der Waals surface area contributed by atoms with Crippen molar-refractivity contribution in [3.63, 3.8) is 0 Å². The largest absolute Gasteiger partial charge is 0.496 e. The Morgan fingerprint density at radius 2 is 1.61 bits per heavy atom. The molecule has 154 valence electrons. The Hall–Kier alpha value is -4.31. The molecule has 0 aliphatic heterocycles. The van der Waals surface area contributed by atoms with Crippen LogP contribution in [0.15, 0.2) is 60.7 Å². The molecule has 0 saturated heterocycles. The topological polar surface area (TPSA) is 86.4 Å². The van der Waals surface area contributed by atoms with Gasteiger partial charge in [-0.05, 0) is 30.3 Å². The predicted octanol–water partition coefficient (Wildman–Crippen LogP) is 4.37. The van der Waals surface area contributed by atoms with E-state index in [1.165, 1.54) is 7.11 Å². The molecule has 1 heterocycles. The summed E-state index contributed by atoms with van der Waals surface area (Å²) < 4.78 is 17.7. The van der Waals surface area contributed by atoms with Crippen LogP contribution in [0.2, 0.25) is 0 Å². The van der Waals surface area contributed by atoms with Crippen LogP contribution in [0, 0.1) is 11.3 Å². The van der Waals surface area contributed by atoms with Gasteiger partial charge in [0.2, 0.25) is 0 Å². The number of hydrogen-bond donors (Lipinski definition) is 0. The molecule has 0 aliphatic rings. The number of carbonyl (C=O) groups excluding carboxylic acids is 1. The van der Waals surface area contributed by atoms with Gasteiger partial charge in [0.1, 0.15) is 11.5 Å². The number of esters is 1. The second kappa shape index (κ2) is 8.20. The molecule has 1 aromatic heterocycles. The van der Waals surface area contributed by atoms with E-state index >= 15 is 0 Å². The lowest BCUT2D eigenvalue weighted by Crippen LogP contribution is -2.05. The van der Waals surface area contributed by atoms with E-state index in [9.17, 15) is 10.1 Å². The Labute approximate surface area is 179 Å². The zero-order chi connectivity index (χ0) is 22.0. The Balaban J connectivity index is 2.09. The molecule has 0 amide bonds. The van der Waals surface area contributed by atoms with Gasteiger partial charge in [-0.2, -0.15) is 10.4 Å². The molecule has 0 N–H and O–H groups in total. The van der Waals surface area contributed by atoms with Gasteiger partial charge < -0.3 is 14.2 Å². The summed E-state index contributed by atoms with van der Waals surface area (Å²) in [6.07, 6.45) is 0. The summed E-state index contributed by atoms with van der Waals surface area (Å²) >= 11 is 0. The van der Waals surface area contributed by atoms with Crippen molar-refractivity contribution in [1.29, 1.82) is 5.26 Å². The average Bonchev–Trinajstić information content (AvgIpc) is 3.26. The third-order valence-corrected chi connectivity index (χ3v) is 5.04. The number of fused-ring (bicyclic) bond motifs is 1. The first-order valence-electron chi connectivity index (χ1n) is 9.45. The van der Waals surface area contributed by atoms with Crippen LogP contribution in [0.1, 0.15) is 16.1 Å². The third-order valence-electron chi connectivity index (χ3n) is 5.04. The number of nitrogens with zero attached hydrogens (tertiary/aromatic N) is 3. The van der Waals surface area contributed by atoms with Crippen LogP contribution in [0.4, 0.5) is 0 Å². The zero-order valence-electron chi connectivity index (χ0n) is 17.2.